The van der Waals surface area contributed by atoms with E-state index in [1.54, 1.807) is 18.7 Å². The first-order valence-electron chi connectivity index (χ1n) is 5.72. The van der Waals surface area contributed by atoms with Crippen molar-refractivity contribution in [3.63, 3.8) is 0 Å². The number of carbonyl (C=O) groups is 2. The monoisotopic (exact) mass is 273 g/mol. The Hall–Kier alpha value is -1.37. The van der Waals surface area contributed by atoms with Gasteiger partial charge in [-0.2, -0.15) is 0 Å². The Morgan fingerprint density at radius 2 is 2.11 bits per heavy atom. The molecule has 6 nitrogen and oxygen atoms in total. The highest BCUT2D eigenvalue weighted by atomic mass is 32.1. The molecule has 0 spiro atoms. The first-order chi connectivity index (χ1) is 8.28. The average Bonchev–Trinajstić information content (AvgIpc) is 2.75. The van der Waals surface area contributed by atoms with E-state index < -0.39 is 11.5 Å². The Labute approximate surface area is 112 Å². The van der Waals surface area contributed by atoms with Gasteiger partial charge in [-0.1, -0.05) is 12.2 Å². The van der Waals surface area contributed by atoms with Crippen LogP contribution in [0.15, 0.2) is 0 Å². The molecule has 0 aliphatic carbocycles. The minimum absolute atomic E-state index is 0.0801. The summed E-state index contributed by atoms with van der Waals surface area (Å²) in [6.45, 7) is 4.46. The van der Waals surface area contributed by atoms with E-state index in [1.807, 2.05) is 0 Å². The predicted molar refractivity (Wildman–Crippen MR) is 71.1 cm³/mol. The summed E-state index contributed by atoms with van der Waals surface area (Å²) in [5.41, 5.74) is 4.72. The molecule has 0 aromatic heterocycles. The first kappa shape index (κ1) is 14.7. The van der Waals surface area contributed by atoms with Crippen molar-refractivity contribution < 1.29 is 14.3 Å². The molecule has 102 valence electrons. The maximum Gasteiger partial charge on any atom is 0.407 e. The number of ether oxygens (including phenoxy) is 1. The van der Waals surface area contributed by atoms with Crippen molar-refractivity contribution in [2.75, 3.05) is 20.2 Å². The van der Waals surface area contributed by atoms with Gasteiger partial charge in [0.05, 0.1) is 23.6 Å². The molecule has 7 heteroatoms. The van der Waals surface area contributed by atoms with E-state index in [4.69, 9.17) is 18.0 Å². The summed E-state index contributed by atoms with van der Waals surface area (Å²) in [6, 6.07) is -0.0801. The van der Waals surface area contributed by atoms with Crippen LogP contribution in [-0.4, -0.2) is 48.1 Å². The second kappa shape index (κ2) is 5.51. The number of rotatable bonds is 3. The Bertz CT molecular complexity index is 371. The van der Waals surface area contributed by atoms with E-state index in [0.717, 1.165) is 0 Å². The zero-order valence-corrected chi connectivity index (χ0v) is 11.7. The highest BCUT2D eigenvalue weighted by Crippen LogP contribution is 2.22. The van der Waals surface area contributed by atoms with E-state index in [2.05, 4.69) is 10.1 Å². The molecule has 1 saturated heterocycles. The molecule has 1 fully saturated rings. The number of methoxy groups -OCH3 is 1. The molecule has 1 rings (SSSR count). The molecule has 0 saturated carbocycles. The molecular formula is C11H19N3O3S. The Kier molecular flexibility index (Phi) is 4.50. The van der Waals surface area contributed by atoms with Crippen molar-refractivity contribution >= 4 is 29.2 Å². The van der Waals surface area contributed by atoms with Gasteiger partial charge in [-0.25, -0.2) is 4.79 Å². The van der Waals surface area contributed by atoms with Gasteiger partial charge >= 0.3 is 6.09 Å². The third kappa shape index (κ3) is 3.10. The summed E-state index contributed by atoms with van der Waals surface area (Å²) in [5.74, 6) is -0.107. The minimum Gasteiger partial charge on any atom is -0.453 e. The number of alkyl carbamates (subject to hydrolysis) is 1. The lowest BCUT2D eigenvalue weighted by Gasteiger charge is -2.28. The normalized spacial score (nSPS) is 19.5. The van der Waals surface area contributed by atoms with E-state index in [0.29, 0.717) is 19.5 Å². The van der Waals surface area contributed by atoms with Gasteiger partial charge in [0.15, 0.2) is 0 Å². The van der Waals surface area contributed by atoms with Gasteiger partial charge in [-0.15, -0.1) is 0 Å². The van der Waals surface area contributed by atoms with E-state index >= 15 is 0 Å². The molecule has 0 aromatic rings. The number of hydrogen-bond acceptors (Lipinski definition) is 4. The molecule has 1 heterocycles. The van der Waals surface area contributed by atoms with Gasteiger partial charge in [-0.05, 0) is 20.3 Å². The number of nitrogens with zero attached hydrogens (tertiary/aromatic N) is 1. The molecule has 3 N–H and O–H groups in total. The van der Waals surface area contributed by atoms with Crippen molar-refractivity contribution in [3.05, 3.63) is 0 Å². The molecular weight excluding hydrogens is 254 g/mol. The fourth-order valence-corrected chi connectivity index (χ4v) is 1.88. The number of nitrogens with two attached hydrogens (primary N) is 1. The number of nitrogens with one attached hydrogen (secondary N) is 1. The van der Waals surface area contributed by atoms with Crippen LogP contribution in [0.1, 0.15) is 20.3 Å². The molecule has 1 aliphatic heterocycles. The topological polar surface area (TPSA) is 84.7 Å². The number of hydrogen-bond donors (Lipinski definition) is 2. The summed E-state index contributed by atoms with van der Waals surface area (Å²) in [4.78, 5) is 25.1. The fourth-order valence-electron chi connectivity index (χ4n) is 1.79. The lowest BCUT2D eigenvalue weighted by atomic mass is 9.92. The summed E-state index contributed by atoms with van der Waals surface area (Å²) in [7, 11) is 1.31. The second-order valence-electron chi connectivity index (χ2n) is 4.86. The van der Waals surface area contributed by atoms with Crippen molar-refractivity contribution in [1.82, 2.24) is 10.2 Å². The smallest absolute Gasteiger partial charge is 0.407 e. The van der Waals surface area contributed by atoms with Crippen LogP contribution in [-0.2, 0) is 9.53 Å². The second-order valence-corrected chi connectivity index (χ2v) is 5.30. The molecule has 0 aromatic carbocycles. The zero-order valence-electron chi connectivity index (χ0n) is 10.9. The molecule has 18 heavy (non-hydrogen) atoms. The largest absolute Gasteiger partial charge is 0.453 e. The van der Waals surface area contributed by atoms with Crippen LogP contribution in [0.5, 0.6) is 0 Å². The van der Waals surface area contributed by atoms with Crippen LogP contribution in [0.4, 0.5) is 4.79 Å². The molecule has 0 radical (unpaired) electrons. The Morgan fingerprint density at radius 1 is 1.50 bits per heavy atom. The number of carbonyl (C=O) groups excluding carboxylic acids is 2. The lowest BCUT2D eigenvalue weighted by Crippen LogP contribution is -2.47. The Balaban J connectivity index is 2.59. The van der Waals surface area contributed by atoms with Crippen LogP contribution >= 0.6 is 12.2 Å². The van der Waals surface area contributed by atoms with Crippen LogP contribution in [0, 0.1) is 5.41 Å². The quantitative estimate of drug-likeness (QED) is 0.720. The van der Waals surface area contributed by atoms with Crippen molar-refractivity contribution in [3.8, 4) is 0 Å². The van der Waals surface area contributed by atoms with E-state index in [-0.39, 0.29) is 16.9 Å². The lowest BCUT2D eigenvalue weighted by molar-refractivity contribution is -0.135. The van der Waals surface area contributed by atoms with Gasteiger partial charge in [0.2, 0.25) is 5.91 Å². The third-order valence-electron chi connectivity index (χ3n) is 3.13. The van der Waals surface area contributed by atoms with Crippen LogP contribution in [0.3, 0.4) is 0 Å². The SMILES string of the molecule is COC(=O)NC1CCN(C(=O)C(C)(C)C(N)=S)C1. The van der Waals surface area contributed by atoms with E-state index in [1.165, 1.54) is 7.11 Å². The standard InChI is InChI=1S/C11H19N3O3S/c1-11(2,8(12)18)9(15)14-5-4-7(6-14)13-10(16)17-3/h7H,4-6H2,1-3H3,(H2,12,18)(H,13,16). The molecule has 1 atom stereocenters. The summed E-state index contributed by atoms with van der Waals surface area (Å²) in [6.07, 6.45) is 0.219. The molecule has 1 aliphatic rings. The van der Waals surface area contributed by atoms with Crippen molar-refractivity contribution in [2.24, 2.45) is 11.1 Å². The Morgan fingerprint density at radius 3 is 2.61 bits per heavy atom. The van der Waals surface area contributed by atoms with Crippen molar-refractivity contribution in [1.29, 1.82) is 0 Å². The number of likely N-dealkylation sites (tertiary alicyclic amines) is 1. The highest BCUT2D eigenvalue weighted by Gasteiger charge is 2.38. The minimum atomic E-state index is -0.852. The average molecular weight is 273 g/mol. The van der Waals surface area contributed by atoms with Crippen LogP contribution in [0.25, 0.3) is 0 Å². The van der Waals surface area contributed by atoms with Gasteiger partial charge in [-0.3, -0.25) is 4.79 Å². The number of thiocarbonyl (C=S) groups is 1. The van der Waals surface area contributed by atoms with Gasteiger partial charge in [0.1, 0.15) is 0 Å². The predicted octanol–water partition coefficient (Wildman–Crippen LogP) is 0.256. The summed E-state index contributed by atoms with van der Waals surface area (Å²) < 4.78 is 4.52. The van der Waals surface area contributed by atoms with Gasteiger partial charge in [0, 0.05) is 13.1 Å². The number of amides is 2. The summed E-state index contributed by atoms with van der Waals surface area (Å²) in [5, 5.41) is 2.67. The van der Waals surface area contributed by atoms with Crippen LogP contribution < -0.4 is 11.1 Å². The molecule has 1 unspecified atom stereocenters. The maximum atomic E-state index is 12.2. The molecule has 2 amide bonds. The van der Waals surface area contributed by atoms with Gasteiger partial charge < -0.3 is 20.7 Å². The first-order valence-corrected chi connectivity index (χ1v) is 6.13. The third-order valence-corrected chi connectivity index (χ3v) is 3.64. The molecule has 0 bridgehead atoms. The summed E-state index contributed by atoms with van der Waals surface area (Å²) >= 11 is 4.90. The van der Waals surface area contributed by atoms with E-state index in [9.17, 15) is 9.59 Å². The maximum absolute atomic E-state index is 12.2. The van der Waals surface area contributed by atoms with Gasteiger partial charge in [0.25, 0.3) is 0 Å². The zero-order chi connectivity index (χ0) is 13.9. The van der Waals surface area contributed by atoms with Crippen molar-refractivity contribution in [2.45, 2.75) is 26.3 Å². The fraction of sp³-hybridized carbons (Fsp3) is 0.727. The highest BCUT2D eigenvalue weighted by molar-refractivity contribution is 7.80. The van der Waals surface area contributed by atoms with Crippen LogP contribution in [0.2, 0.25) is 0 Å².